The van der Waals surface area contributed by atoms with E-state index in [0.29, 0.717) is 27.8 Å². The molecular formula is C15H14ClNO4. The van der Waals surface area contributed by atoms with Crippen molar-refractivity contribution in [3.05, 3.63) is 47.0 Å². The van der Waals surface area contributed by atoms with Crippen molar-refractivity contribution in [3.63, 3.8) is 0 Å². The molecule has 0 aliphatic heterocycles. The van der Waals surface area contributed by atoms with Crippen molar-refractivity contribution in [2.45, 2.75) is 0 Å². The van der Waals surface area contributed by atoms with Crippen molar-refractivity contribution in [3.8, 4) is 17.2 Å². The van der Waals surface area contributed by atoms with E-state index in [0.717, 1.165) is 0 Å². The van der Waals surface area contributed by atoms with Gasteiger partial charge in [0.15, 0.2) is 11.5 Å². The number of phenolic OH excluding ortho intramolecular Hbond substituents is 1. The molecule has 1 amide bonds. The number of benzene rings is 2. The van der Waals surface area contributed by atoms with Gasteiger partial charge < -0.3 is 19.9 Å². The zero-order valence-electron chi connectivity index (χ0n) is 11.5. The van der Waals surface area contributed by atoms with E-state index >= 15 is 0 Å². The van der Waals surface area contributed by atoms with Crippen LogP contribution in [0.2, 0.25) is 5.02 Å². The summed E-state index contributed by atoms with van der Waals surface area (Å²) in [7, 11) is 2.95. The van der Waals surface area contributed by atoms with E-state index in [2.05, 4.69) is 5.32 Å². The summed E-state index contributed by atoms with van der Waals surface area (Å²) in [6.45, 7) is 0. The Morgan fingerprint density at radius 3 is 2.33 bits per heavy atom. The molecule has 0 saturated carbocycles. The second kappa shape index (κ2) is 6.37. The van der Waals surface area contributed by atoms with Crippen LogP contribution < -0.4 is 14.8 Å². The van der Waals surface area contributed by atoms with Crippen LogP contribution in [0.1, 0.15) is 10.4 Å². The molecule has 2 N–H and O–H groups in total. The number of phenols is 1. The van der Waals surface area contributed by atoms with Crippen LogP contribution in [-0.2, 0) is 0 Å². The summed E-state index contributed by atoms with van der Waals surface area (Å²) in [5.74, 6) is 0.364. The van der Waals surface area contributed by atoms with Gasteiger partial charge in [0.25, 0.3) is 5.91 Å². The van der Waals surface area contributed by atoms with Crippen LogP contribution in [0.4, 0.5) is 5.69 Å². The fourth-order valence-corrected chi connectivity index (χ4v) is 2.04. The normalized spacial score (nSPS) is 10.0. The van der Waals surface area contributed by atoms with Crippen molar-refractivity contribution in [1.82, 2.24) is 0 Å². The lowest BCUT2D eigenvalue weighted by Gasteiger charge is -2.09. The summed E-state index contributed by atoms with van der Waals surface area (Å²) in [4.78, 5) is 12.1. The van der Waals surface area contributed by atoms with Gasteiger partial charge in [-0.2, -0.15) is 0 Å². The molecule has 0 aliphatic carbocycles. The average molecular weight is 308 g/mol. The summed E-state index contributed by atoms with van der Waals surface area (Å²) >= 11 is 5.99. The number of halogens is 1. The van der Waals surface area contributed by atoms with E-state index in [-0.39, 0.29) is 11.7 Å². The Kier molecular flexibility index (Phi) is 4.55. The van der Waals surface area contributed by atoms with Gasteiger partial charge in [0.2, 0.25) is 0 Å². The van der Waals surface area contributed by atoms with Gasteiger partial charge in [-0.05, 0) is 36.4 Å². The topological polar surface area (TPSA) is 67.8 Å². The van der Waals surface area contributed by atoms with Crippen LogP contribution >= 0.6 is 11.6 Å². The van der Waals surface area contributed by atoms with Gasteiger partial charge in [-0.3, -0.25) is 4.79 Å². The number of hydrogen-bond donors (Lipinski definition) is 2. The number of hydrogen-bond acceptors (Lipinski definition) is 4. The first kappa shape index (κ1) is 15.0. The van der Waals surface area contributed by atoms with Crippen LogP contribution in [0.5, 0.6) is 17.2 Å². The maximum atomic E-state index is 12.1. The van der Waals surface area contributed by atoms with Crippen molar-refractivity contribution in [1.29, 1.82) is 0 Å². The summed E-state index contributed by atoms with van der Waals surface area (Å²) in [5, 5.41) is 12.8. The van der Waals surface area contributed by atoms with Gasteiger partial charge in [0, 0.05) is 11.3 Å². The van der Waals surface area contributed by atoms with Gasteiger partial charge in [0.05, 0.1) is 19.2 Å². The number of carbonyl (C=O) groups is 1. The zero-order chi connectivity index (χ0) is 15.4. The molecule has 0 radical (unpaired) electrons. The minimum atomic E-state index is -0.366. The average Bonchev–Trinajstić information content (AvgIpc) is 2.47. The van der Waals surface area contributed by atoms with Gasteiger partial charge in [-0.15, -0.1) is 0 Å². The molecule has 0 fully saturated rings. The second-order valence-corrected chi connectivity index (χ2v) is 4.60. The lowest BCUT2D eigenvalue weighted by atomic mass is 10.2. The molecule has 5 nitrogen and oxygen atoms in total. The Hall–Kier alpha value is -2.40. The highest BCUT2D eigenvalue weighted by Gasteiger charge is 2.11. The van der Waals surface area contributed by atoms with Crippen molar-refractivity contribution >= 4 is 23.2 Å². The summed E-state index contributed by atoms with van der Waals surface area (Å²) in [6.07, 6.45) is 0. The Bertz CT molecular complexity index is 673. The standard InChI is InChI=1S/C15H14ClNO4/c1-20-13-6-4-10(8-11(13)16)17-15(19)9-3-5-14(21-2)12(18)7-9/h3-8,18H,1-2H3,(H,17,19). The van der Waals surface area contributed by atoms with Crippen molar-refractivity contribution < 1.29 is 19.4 Å². The van der Waals surface area contributed by atoms with Gasteiger partial charge in [-0.25, -0.2) is 0 Å². The third-order valence-electron chi connectivity index (χ3n) is 2.85. The fourth-order valence-electron chi connectivity index (χ4n) is 1.78. The van der Waals surface area contributed by atoms with Crippen LogP contribution in [0.3, 0.4) is 0 Å². The summed E-state index contributed by atoms with van der Waals surface area (Å²) in [5.41, 5.74) is 0.835. The van der Waals surface area contributed by atoms with Crippen LogP contribution in [0.15, 0.2) is 36.4 Å². The highest BCUT2D eigenvalue weighted by atomic mass is 35.5. The lowest BCUT2D eigenvalue weighted by molar-refractivity contribution is 0.102. The molecule has 2 rings (SSSR count). The van der Waals surface area contributed by atoms with Crippen LogP contribution in [0.25, 0.3) is 0 Å². The number of methoxy groups -OCH3 is 2. The number of ether oxygens (including phenoxy) is 2. The van der Waals surface area contributed by atoms with Gasteiger partial charge >= 0.3 is 0 Å². The number of carbonyl (C=O) groups excluding carboxylic acids is 1. The first-order valence-corrected chi connectivity index (χ1v) is 6.45. The molecule has 0 heterocycles. The largest absolute Gasteiger partial charge is 0.504 e. The first-order valence-electron chi connectivity index (χ1n) is 6.07. The van der Waals surface area contributed by atoms with Crippen LogP contribution in [0, 0.1) is 0 Å². The third kappa shape index (κ3) is 3.38. The van der Waals surface area contributed by atoms with Gasteiger partial charge in [0.1, 0.15) is 5.75 Å². The van der Waals surface area contributed by atoms with E-state index in [1.807, 2.05) is 0 Å². The minimum absolute atomic E-state index is 0.0992. The molecule has 110 valence electrons. The number of anilines is 1. The molecule has 0 bridgehead atoms. The van der Waals surface area contributed by atoms with Gasteiger partial charge in [-0.1, -0.05) is 11.6 Å². The monoisotopic (exact) mass is 307 g/mol. The molecule has 2 aromatic rings. The molecule has 0 spiro atoms. The summed E-state index contributed by atoms with van der Waals surface area (Å²) < 4.78 is 9.97. The molecule has 0 unspecified atom stereocenters. The third-order valence-corrected chi connectivity index (χ3v) is 3.15. The number of rotatable bonds is 4. The van der Waals surface area contributed by atoms with E-state index in [1.165, 1.54) is 26.4 Å². The first-order chi connectivity index (χ1) is 10.0. The molecule has 0 aliphatic rings. The second-order valence-electron chi connectivity index (χ2n) is 4.19. The van der Waals surface area contributed by atoms with Crippen molar-refractivity contribution in [2.75, 3.05) is 19.5 Å². The highest BCUT2D eigenvalue weighted by Crippen LogP contribution is 2.29. The number of aromatic hydroxyl groups is 1. The van der Waals surface area contributed by atoms with E-state index in [4.69, 9.17) is 21.1 Å². The fraction of sp³-hybridized carbons (Fsp3) is 0.133. The van der Waals surface area contributed by atoms with E-state index in [1.54, 1.807) is 24.3 Å². The zero-order valence-corrected chi connectivity index (χ0v) is 12.3. The molecule has 0 aromatic heterocycles. The smallest absolute Gasteiger partial charge is 0.255 e. The Labute approximate surface area is 127 Å². The Balaban J connectivity index is 2.18. The quantitative estimate of drug-likeness (QED) is 0.909. The lowest BCUT2D eigenvalue weighted by Crippen LogP contribution is -2.11. The predicted octanol–water partition coefficient (Wildman–Crippen LogP) is 3.32. The Morgan fingerprint density at radius 2 is 1.76 bits per heavy atom. The maximum Gasteiger partial charge on any atom is 0.255 e. The minimum Gasteiger partial charge on any atom is -0.504 e. The number of amides is 1. The van der Waals surface area contributed by atoms with Crippen molar-refractivity contribution in [2.24, 2.45) is 0 Å². The maximum absolute atomic E-state index is 12.1. The Morgan fingerprint density at radius 1 is 1.10 bits per heavy atom. The molecule has 21 heavy (non-hydrogen) atoms. The van der Waals surface area contributed by atoms with Crippen LogP contribution in [-0.4, -0.2) is 25.2 Å². The predicted molar refractivity (Wildman–Crippen MR) is 80.6 cm³/mol. The van der Waals surface area contributed by atoms with E-state index in [9.17, 15) is 9.90 Å². The highest BCUT2D eigenvalue weighted by molar-refractivity contribution is 6.32. The molecule has 0 saturated heterocycles. The summed E-state index contributed by atoms with van der Waals surface area (Å²) in [6, 6.07) is 9.32. The number of nitrogens with one attached hydrogen (secondary N) is 1. The molecule has 0 atom stereocenters. The molecule has 2 aromatic carbocycles. The molecular weight excluding hydrogens is 294 g/mol. The SMILES string of the molecule is COc1ccc(C(=O)Nc2ccc(OC)c(Cl)c2)cc1O. The van der Waals surface area contributed by atoms with E-state index < -0.39 is 0 Å². The molecule has 6 heteroatoms.